The van der Waals surface area contributed by atoms with Gasteiger partial charge in [0.2, 0.25) is 0 Å². The van der Waals surface area contributed by atoms with Crippen molar-refractivity contribution in [2.24, 2.45) is 11.1 Å². The molecule has 0 saturated carbocycles. The van der Waals surface area contributed by atoms with Gasteiger partial charge in [-0.05, 0) is 49.8 Å². The van der Waals surface area contributed by atoms with Gasteiger partial charge in [0.25, 0.3) is 0 Å². The van der Waals surface area contributed by atoms with Crippen LogP contribution in [0.15, 0.2) is 18.2 Å². The topological polar surface area (TPSA) is 29.3 Å². The minimum Gasteiger partial charge on any atom is -0.329 e. The van der Waals surface area contributed by atoms with Crippen molar-refractivity contribution in [3.8, 4) is 0 Å². The van der Waals surface area contributed by atoms with E-state index in [2.05, 4.69) is 50.8 Å². The van der Waals surface area contributed by atoms with Gasteiger partial charge in [-0.25, -0.2) is 0 Å². The van der Waals surface area contributed by atoms with E-state index >= 15 is 0 Å². The van der Waals surface area contributed by atoms with Crippen molar-refractivity contribution in [2.75, 3.05) is 19.6 Å². The Morgan fingerprint density at radius 2 is 2.05 bits per heavy atom. The van der Waals surface area contributed by atoms with Crippen LogP contribution in [0.1, 0.15) is 49.4 Å². The molecule has 2 heteroatoms. The average molecular weight is 260 g/mol. The Morgan fingerprint density at radius 1 is 1.32 bits per heavy atom. The van der Waals surface area contributed by atoms with Gasteiger partial charge in [0.05, 0.1) is 0 Å². The van der Waals surface area contributed by atoms with Gasteiger partial charge in [0, 0.05) is 19.1 Å². The van der Waals surface area contributed by atoms with Gasteiger partial charge in [-0.2, -0.15) is 0 Å². The second-order valence-electron chi connectivity index (χ2n) is 6.85. The molecular formula is C17H28N2. The molecule has 1 fully saturated rings. The molecule has 0 aliphatic carbocycles. The molecule has 1 aromatic rings. The number of likely N-dealkylation sites (tertiary alicyclic amines) is 1. The molecule has 0 aromatic heterocycles. The molecule has 1 unspecified atom stereocenters. The van der Waals surface area contributed by atoms with Crippen LogP contribution < -0.4 is 5.73 Å². The fraction of sp³-hybridized carbons (Fsp3) is 0.647. The predicted molar refractivity (Wildman–Crippen MR) is 82.3 cm³/mol. The van der Waals surface area contributed by atoms with E-state index in [9.17, 15) is 0 Å². The fourth-order valence-electron chi connectivity index (χ4n) is 3.33. The van der Waals surface area contributed by atoms with Crippen molar-refractivity contribution in [2.45, 2.75) is 46.6 Å². The molecule has 2 rings (SSSR count). The lowest BCUT2D eigenvalue weighted by Gasteiger charge is -2.42. The van der Waals surface area contributed by atoms with Crippen LogP contribution in [0.2, 0.25) is 0 Å². The highest BCUT2D eigenvalue weighted by molar-refractivity contribution is 5.33. The van der Waals surface area contributed by atoms with Crippen molar-refractivity contribution in [3.63, 3.8) is 0 Å². The highest BCUT2D eigenvalue weighted by Gasteiger charge is 2.31. The third kappa shape index (κ3) is 3.37. The van der Waals surface area contributed by atoms with Gasteiger partial charge < -0.3 is 5.73 Å². The van der Waals surface area contributed by atoms with E-state index in [1.165, 1.54) is 36.1 Å². The Hall–Kier alpha value is -0.860. The smallest absolute Gasteiger partial charge is 0.0473 e. The lowest BCUT2D eigenvalue weighted by atomic mass is 9.82. The molecule has 2 N–H and O–H groups in total. The summed E-state index contributed by atoms with van der Waals surface area (Å²) in [6, 6.07) is 7.10. The standard InChI is InChI=1S/C17H28N2/c1-13-6-7-14(2)15(10-13)16(11-18)19-9-5-8-17(3,4)12-19/h6-7,10,16H,5,8-9,11-12,18H2,1-4H3. The summed E-state index contributed by atoms with van der Waals surface area (Å²) in [6.45, 7) is 12.1. The van der Waals surface area contributed by atoms with Crippen molar-refractivity contribution in [1.29, 1.82) is 0 Å². The van der Waals surface area contributed by atoms with Crippen molar-refractivity contribution >= 4 is 0 Å². The minimum absolute atomic E-state index is 0.375. The Labute approximate surface area is 118 Å². The van der Waals surface area contributed by atoms with Crippen LogP contribution in [-0.2, 0) is 0 Å². The Balaban J connectivity index is 2.26. The molecule has 0 spiro atoms. The highest BCUT2D eigenvalue weighted by Crippen LogP contribution is 2.34. The van der Waals surface area contributed by atoms with Crippen LogP contribution in [0.4, 0.5) is 0 Å². The molecule has 0 amide bonds. The van der Waals surface area contributed by atoms with E-state index < -0.39 is 0 Å². The molecule has 1 saturated heterocycles. The summed E-state index contributed by atoms with van der Waals surface area (Å²) in [5.74, 6) is 0. The molecular weight excluding hydrogens is 232 g/mol. The van der Waals surface area contributed by atoms with Crippen LogP contribution in [0.5, 0.6) is 0 Å². The number of aryl methyl sites for hydroxylation is 2. The number of piperidine rings is 1. The Kier molecular flexibility index (Phi) is 4.32. The first-order chi connectivity index (χ1) is 8.93. The zero-order valence-corrected chi connectivity index (χ0v) is 12.9. The maximum atomic E-state index is 6.10. The summed E-state index contributed by atoms with van der Waals surface area (Å²) in [4.78, 5) is 2.59. The zero-order valence-electron chi connectivity index (χ0n) is 12.9. The molecule has 19 heavy (non-hydrogen) atoms. The van der Waals surface area contributed by atoms with E-state index in [0.29, 0.717) is 18.0 Å². The quantitative estimate of drug-likeness (QED) is 0.902. The monoisotopic (exact) mass is 260 g/mol. The second kappa shape index (κ2) is 5.64. The van der Waals surface area contributed by atoms with E-state index in [1.807, 2.05) is 0 Å². The van der Waals surface area contributed by atoms with E-state index in [4.69, 9.17) is 5.73 Å². The highest BCUT2D eigenvalue weighted by atomic mass is 15.2. The summed E-state index contributed by atoms with van der Waals surface area (Å²) in [5, 5.41) is 0. The van der Waals surface area contributed by atoms with Crippen LogP contribution >= 0.6 is 0 Å². The number of hydrogen-bond acceptors (Lipinski definition) is 2. The van der Waals surface area contributed by atoms with E-state index in [1.54, 1.807) is 0 Å². The molecule has 0 radical (unpaired) electrons. The predicted octanol–water partition coefficient (Wildman–Crippen LogP) is 3.43. The van der Waals surface area contributed by atoms with Crippen LogP contribution in [0, 0.1) is 19.3 Å². The molecule has 1 aliphatic rings. The third-order valence-corrected chi connectivity index (χ3v) is 4.39. The van der Waals surface area contributed by atoms with Gasteiger partial charge in [0.1, 0.15) is 0 Å². The first-order valence-electron chi connectivity index (χ1n) is 7.44. The largest absolute Gasteiger partial charge is 0.329 e. The number of rotatable bonds is 3. The molecule has 1 heterocycles. The summed E-state index contributed by atoms with van der Waals surface area (Å²) in [6.07, 6.45) is 2.61. The molecule has 2 nitrogen and oxygen atoms in total. The first kappa shape index (κ1) is 14.5. The van der Waals surface area contributed by atoms with Gasteiger partial charge >= 0.3 is 0 Å². The van der Waals surface area contributed by atoms with E-state index in [-0.39, 0.29) is 0 Å². The average Bonchev–Trinajstić information content (AvgIpc) is 2.33. The SMILES string of the molecule is Cc1ccc(C)c(C(CN)N2CCCC(C)(C)C2)c1. The first-order valence-corrected chi connectivity index (χ1v) is 7.44. The van der Waals surface area contributed by atoms with E-state index in [0.717, 1.165) is 6.54 Å². The minimum atomic E-state index is 0.375. The Bertz CT molecular complexity index is 437. The summed E-state index contributed by atoms with van der Waals surface area (Å²) < 4.78 is 0. The van der Waals surface area contributed by atoms with Gasteiger partial charge in [-0.3, -0.25) is 4.90 Å². The lowest BCUT2D eigenvalue weighted by Crippen LogP contribution is -2.44. The normalized spacial score (nSPS) is 21.3. The van der Waals surface area contributed by atoms with Gasteiger partial charge in [-0.1, -0.05) is 37.6 Å². The van der Waals surface area contributed by atoms with Gasteiger partial charge in [0.15, 0.2) is 0 Å². The van der Waals surface area contributed by atoms with Crippen LogP contribution in [0.3, 0.4) is 0 Å². The number of benzene rings is 1. The molecule has 106 valence electrons. The Morgan fingerprint density at radius 3 is 2.68 bits per heavy atom. The maximum Gasteiger partial charge on any atom is 0.0473 e. The molecule has 1 atom stereocenters. The van der Waals surface area contributed by atoms with Gasteiger partial charge in [-0.15, -0.1) is 0 Å². The number of nitrogens with two attached hydrogens (primary N) is 1. The zero-order chi connectivity index (χ0) is 14.0. The fourth-order valence-corrected chi connectivity index (χ4v) is 3.33. The van der Waals surface area contributed by atoms with Crippen molar-refractivity contribution < 1.29 is 0 Å². The molecule has 0 bridgehead atoms. The number of nitrogens with zero attached hydrogens (tertiary/aromatic N) is 1. The molecule has 1 aliphatic heterocycles. The van der Waals surface area contributed by atoms with Crippen LogP contribution in [0.25, 0.3) is 0 Å². The summed E-state index contributed by atoms with van der Waals surface area (Å²) in [7, 11) is 0. The number of hydrogen-bond donors (Lipinski definition) is 1. The summed E-state index contributed by atoms with van der Waals surface area (Å²) in [5.41, 5.74) is 10.6. The second-order valence-corrected chi connectivity index (χ2v) is 6.85. The van der Waals surface area contributed by atoms with Crippen LogP contribution in [-0.4, -0.2) is 24.5 Å². The third-order valence-electron chi connectivity index (χ3n) is 4.39. The summed E-state index contributed by atoms with van der Waals surface area (Å²) >= 11 is 0. The maximum absolute atomic E-state index is 6.10. The van der Waals surface area contributed by atoms with Crippen molar-refractivity contribution in [3.05, 3.63) is 34.9 Å². The molecule has 1 aromatic carbocycles. The lowest BCUT2D eigenvalue weighted by molar-refractivity contribution is 0.0804. The van der Waals surface area contributed by atoms with Crippen molar-refractivity contribution in [1.82, 2.24) is 4.90 Å².